The van der Waals surface area contributed by atoms with Crippen molar-refractivity contribution < 1.29 is 55.3 Å². The number of anilines is 2. The highest BCUT2D eigenvalue weighted by Gasteiger charge is 2.51. The summed E-state index contributed by atoms with van der Waals surface area (Å²) in [6.45, 7) is 3.14. The third-order valence-electron chi connectivity index (χ3n) is 5.67. The Balaban J connectivity index is 2.02. The molecule has 0 saturated carbocycles. The van der Waals surface area contributed by atoms with Gasteiger partial charge in [-0.3, -0.25) is 19.1 Å². The number of hydrogen-bond acceptors (Lipinski definition) is 9. The molecule has 3 rings (SSSR count). The highest BCUT2D eigenvalue weighted by atomic mass is 32.2. The standard InChI is InChI=1S/C23H28F3N5O9S/c1-5-30-11-18(20(29-30)38-12-19(33)34)41(36,37)31-10-15(9-27-13(2)32)39-17-7-6-14(8-16(17)31)28-21(35)40-22(3,4)23(24,25)26/h6-8,11,15H,5,9-10,12H2,1-4H3,(H,27,32)(H,28,35)(H,33,34)/t15-/m0/s1. The Morgan fingerprint density at radius 1 is 1.24 bits per heavy atom. The van der Waals surface area contributed by atoms with E-state index in [1.54, 1.807) is 6.92 Å². The molecular weight excluding hydrogens is 579 g/mol. The summed E-state index contributed by atoms with van der Waals surface area (Å²) < 4.78 is 84.8. The number of carbonyl (C=O) groups is 3. The molecule has 0 fully saturated rings. The minimum atomic E-state index is -4.86. The number of nitrogens with zero attached hydrogens (tertiary/aromatic N) is 3. The summed E-state index contributed by atoms with van der Waals surface area (Å²) in [6.07, 6.45) is -6.05. The van der Waals surface area contributed by atoms with Crippen LogP contribution in [0.15, 0.2) is 29.3 Å². The number of ether oxygens (including phenoxy) is 3. The van der Waals surface area contributed by atoms with Gasteiger partial charge in [-0.05, 0) is 39.0 Å². The quantitative estimate of drug-likeness (QED) is 0.363. The molecule has 0 spiro atoms. The lowest BCUT2D eigenvalue weighted by molar-refractivity contribution is -0.242. The summed E-state index contributed by atoms with van der Waals surface area (Å²) in [6, 6.07) is 3.67. The molecule has 0 bridgehead atoms. The smallest absolute Gasteiger partial charge is 0.427 e. The van der Waals surface area contributed by atoms with Gasteiger partial charge in [-0.2, -0.15) is 13.2 Å². The van der Waals surface area contributed by atoms with Gasteiger partial charge in [0.05, 0.1) is 18.8 Å². The van der Waals surface area contributed by atoms with E-state index in [9.17, 15) is 36.0 Å². The van der Waals surface area contributed by atoms with Gasteiger partial charge in [-0.25, -0.2) is 18.0 Å². The molecule has 1 aromatic heterocycles. The zero-order valence-electron chi connectivity index (χ0n) is 22.3. The second kappa shape index (κ2) is 11.7. The van der Waals surface area contributed by atoms with Gasteiger partial charge in [0.15, 0.2) is 11.5 Å². The second-order valence-corrected chi connectivity index (χ2v) is 11.1. The number of benzene rings is 1. The van der Waals surface area contributed by atoms with Crippen LogP contribution in [0.25, 0.3) is 0 Å². The van der Waals surface area contributed by atoms with Gasteiger partial charge in [0.2, 0.25) is 11.5 Å². The molecule has 2 aromatic rings. The molecule has 41 heavy (non-hydrogen) atoms. The monoisotopic (exact) mass is 607 g/mol. The van der Waals surface area contributed by atoms with Gasteiger partial charge >= 0.3 is 18.2 Å². The highest BCUT2D eigenvalue weighted by molar-refractivity contribution is 7.93. The first-order chi connectivity index (χ1) is 18.9. The van der Waals surface area contributed by atoms with Crippen LogP contribution in [0, 0.1) is 0 Å². The molecule has 0 saturated heterocycles. The SMILES string of the molecule is CCn1cc(S(=O)(=O)N2C[C@H](CNC(C)=O)Oc3ccc(NC(=O)OC(C)(C)C(F)(F)F)cc32)c(OCC(=O)O)n1. The molecule has 1 aliphatic heterocycles. The number of fused-ring (bicyclic) bond motifs is 1. The zero-order valence-corrected chi connectivity index (χ0v) is 23.1. The van der Waals surface area contributed by atoms with Gasteiger partial charge < -0.3 is 24.6 Å². The molecule has 2 heterocycles. The minimum absolute atomic E-state index is 0.000559. The number of halogens is 3. The van der Waals surface area contributed by atoms with Crippen LogP contribution < -0.4 is 24.4 Å². The molecule has 1 atom stereocenters. The Morgan fingerprint density at radius 3 is 2.51 bits per heavy atom. The number of aryl methyl sites for hydroxylation is 1. The number of carboxylic acids is 1. The summed E-state index contributed by atoms with van der Waals surface area (Å²) >= 11 is 0. The average molecular weight is 608 g/mol. The fourth-order valence-electron chi connectivity index (χ4n) is 3.49. The van der Waals surface area contributed by atoms with E-state index in [1.165, 1.54) is 23.7 Å². The Morgan fingerprint density at radius 2 is 1.93 bits per heavy atom. The fraction of sp³-hybridized carbons (Fsp3) is 0.478. The van der Waals surface area contributed by atoms with Gasteiger partial charge in [-0.1, -0.05) is 0 Å². The maximum absolute atomic E-state index is 13.9. The van der Waals surface area contributed by atoms with E-state index in [0.717, 1.165) is 16.6 Å². The predicted molar refractivity (Wildman–Crippen MR) is 135 cm³/mol. The van der Waals surface area contributed by atoms with Crippen molar-refractivity contribution in [3.05, 3.63) is 24.4 Å². The van der Waals surface area contributed by atoms with Crippen LogP contribution in [0.4, 0.5) is 29.3 Å². The Kier molecular flexibility index (Phi) is 8.95. The summed E-state index contributed by atoms with van der Waals surface area (Å²) in [5.74, 6) is -2.25. The normalized spacial score (nSPS) is 15.4. The number of aromatic nitrogens is 2. The maximum Gasteiger partial charge on any atom is 0.427 e. The highest BCUT2D eigenvalue weighted by Crippen LogP contribution is 2.40. The van der Waals surface area contributed by atoms with E-state index in [4.69, 9.17) is 14.6 Å². The van der Waals surface area contributed by atoms with Crippen LogP contribution in [-0.4, -0.2) is 78.9 Å². The number of rotatable bonds is 10. The van der Waals surface area contributed by atoms with Crippen LogP contribution in [0.1, 0.15) is 27.7 Å². The lowest BCUT2D eigenvalue weighted by Crippen LogP contribution is -2.48. The molecular formula is C23H28F3N5O9S. The first-order valence-electron chi connectivity index (χ1n) is 12.0. The lowest BCUT2D eigenvalue weighted by atomic mass is 10.1. The third-order valence-corrected chi connectivity index (χ3v) is 7.43. The molecule has 1 aliphatic rings. The Hall–Kier alpha value is -4.22. The first kappa shape index (κ1) is 31.3. The van der Waals surface area contributed by atoms with Crippen molar-refractivity contribution >= 4 is 39.4 Å². The van der Waals surface area contributed by atoms with Crippen LogP contribution in [0.3, 0.4) is 0 Å². The molecule has 0 radical (unpaired) electrons. The zero-order chi connectivity index (χ0) is 30.8. The topological polar surface area (TPSA) is 178 Å². The van der Waals surface area contributed by atoms with E-state index in [2.05, 4.69) is 20.5 Å². The van der Waals surface area contributed by atoms with Crippen molar-refractivity contribution in [3.8, 4) is 11.6 Å². The predicted octanol–water partition coefficient (Wildman–Crippen LogP) is 2.35. The lowest BCUT2D eigenvalue weighted by Gasteiger charge is -2.35. The van der Waals surface area contributed by atoms with E-state index < -0.39 is 63.3 Å². The van der Waals surface area contributed by atoms with Crippen LogP contribution >= 0.6 is 0 Å². The molecule has 18 heteroatoms. The molecule has 0 unspecified atom stereocenters. The van der Waals surface area contributed by atoms with Crippen molar-refractivity contribution in [2.45, 2.75) is 57.0 Å². The second-order valence-electron chi connectivity index (χ2n) is 9.25. The van der Waals surface area contributed by atoms with Gasteiger partial charge in [0, 0.05) is 25.4 Å². The molecule has 226 valence electrons. The summed E-state index contributed by atoms with van der Waals surface area (Å²) in [5.41, 5.74) is -3.06. The molecule has 14 nitrogen and oxygen atoms in total. The van der Waals surface area contributed by atoms with Crippen LogP contribution in [0.5, 0.6) is 11.6 Å². The number of amides is 2. The number of hydrogen-bond donors (Lipinski definition) is 3. The van der Waals surface area contributed by atoms with Crippen molar-refractivity contribution in [2.75, 3.05) is 29.3 Å². The number of carboxylic acid groups (broad SMARTS) is 1. The van der Waals surface area contributed by atoms with E-state index >= 15 is 0 Å². The third kappa shape index (κ3) is 7.30. The van der Waals surface area contributed by atoms with Crippen molar-refractivity contribution in [2.24, 2.45) is 0 Å². The van der Waals surface area contributed by atoms with Crippen molar-refractivity contribution in [1.29, 1.82) is 0 Å². The molecule has 0 aliphatic carbocycles. The van der Waals surface area contributed by atoms with Crippen molar-refractivity contribution in [1.82, 2.24) is 15.1 Å². The summed E-state index contributed by atoms with van der Waals surface area (Å²) in [7, 11) is -4.56. The van der Waals surface area contributed by atoms with Gasteiger partial charge in [0.25, 0.3) is 15.9 Å². The summed E-state index contributed by atoms with van der Waals surface area (Å²) in [4.78, 5) is 34.2. The van der Waals surface area contributed by atoms with Crippen LogP contribution in [0.2, 0.25) is 0 Å². The number of alkyl halides is 3. The number of aliphatic carboxylic acids is 1. The number of sulfonamides is 1. The largest absolute Gasteiger partial charge is 0.484 e. The van der Waals surface area contributed by atoms with Crippen molar-refractivity contribution in [3.63, 3.8) is 0 Å². The maximum atomic E-state index is 13.9. The van der Waals surface area contributed by atoms with Gasteiger partial charge in [0.1, 0.15) is 11.9 Å². The average Bonchev–Trinajstić information content (AvgIpc) is 3.29. The van der Waals surface area contributed by atoms with E-state index in [-0.39, 0.29) is 36.8 Å². The first-order valence-corrected chi connectivity index (χ1v) is 13.4. The van der Waals surface area contributed by atoms with E-state index in [1.807, 2.05) is 0 Å². The fourth-order valence-corrected chi connectivity index (χ4v) is 5.06. The Labute approximate surface area is 232 Å². The van der Waals surface area contributed by atoms with Crippen LogP contribution in [-0.2, 0) is 30.9 Å². The number of nitrogens with one attached hydrogen (secondary N) is 2. The minimum Gasteiger partial charge on any atom is -0.484 e. The Bertz CT molecular complexity index is 1430. The van der Waals surface area contributed by atoms with Gasteiger partial charge in [-0.15, -0.1) is 5.10 Å². The number of carbonyl (C=O) groups excluding carboxylic acids is 2. The molecule has 3 N–H and O–H groups in total. The summed E-state index contributed by atoms with van der Waals surface area (Å²) in [5, 5.41) is 17.6. The molecule has 2 amide bonds. The molecule has 1 aromatic carbocycles. The van der Waals surface area contributed by atoms with E-state index in [0.29, 0.717) is 13.8 Å².